The number of nitro groups is 2. The fourth-order valence-electron chi connectivity index (χ4n) is 7.00. The first-order chi connectivity index (χ1) is 24.3. The van der Waals surface area contributed by atoms with Crippen LogP contribution in [-0.4, -0.2) is 9.85 Å². The zero-order valence-corrected chi connectivity index (χ0v) is 29.8. The van der Waals surface area contributed by atoms with E-state index in [1.54, 1.807) is 11.3 Å². The van der Waals surface area contributed by atoms with Gasteiger partial charge in [-0.25, -0.2) is 0 Å². The van der Waals surface area contributed by atoms with Crippen LogP contribution in [0, 0.1) is 65.6 Å². The van der Waals surface area contributed by atoms with E-state index >= 15 is 0 Å². The van der Waals surface area contributed by atoms with Gasteiger partial charge in [0.2, 0.25) is 0 Å². The molecule has 5 aromatic rings. The number of nitriles is 4. The number of fused-ring (bicyclic) bond motifs is 7. The van der Waals surface area contributed by atoms with E-state index in [1.807, 2.05) is 12.1 Å². The van der Waals surface area contributed by atoms with Crippen LogP contribution >= 0.6 is 34.0 Å². The van der Waals surface area contributed by atoms with Crippen molar-refractivity contribution in [2.45, 2.75) is 38.5 Å². The maximum atomic E-state index is 11.2. The molecular weight excluding hydrogens is 701 g/mol. The van der Waals surface area contributed by atoms with Gasteiger partial charge in [0.05, 0.1) is 32.1 Å². The third-order valence-corrected chi connectivity index (χ3v) is 13.4. The second-order valence-electron chi connectivity index (χ2n) is 13.0. The van der Waals surface area contributed by atoms with Gasteiger partial charge in [-0.3, -0.25) is 20.2 Å². The van der Waals surface area contributed by atoms with E-state index in [1.165, 1.54) is 82.3 Å². The number of rotatable bonds is 6. The summed E-state index contributed by atoms with van der Waals surface area (Å²) in [4.78, 5) is 26.8. The largest absolute Gasteiger partial charge is 0.269 e. The van der Waals surface area contributed by atoms with Gasteiger partial charge >= 0.3 is 0 Å². The van der Waals surface area contributed by atoms with Crippen LogP contribution in [0.3, 0.4) is 0 Å². The Labute approximate surface area is 303 Å². The van der Waals surface area contributed by atoms with Crippen LogP contribution in [0.15, 0.2) is 60.7 Å². The van der Waals surface area contributed by atoms with Crippen molar-refractivity contribution in [3.63, 3.8) is 0 Å². The minimum atomic E-state index is -0.515. The van der Waals surface area contributed by atoms with Crippen LogP contribution < -0.4 is 0 Å². The van der Waals surface area contributed by atoms with Gasteiger partial charge in [0.25, 0.3) is 11.4 Å². The Balaban J connectivity index is 1.34. The fourth-order valence-corrected chi connectivity index (χ4v) is 11.6. The monoisotopic (exact) mass is 722 g/mol. The molecule has 0 saturated heterocycles. The highest BCUT2D eigenvalue weighted by Gasteiger charge is 2.50. The van der Waals surface area contributed by atoms with Gasteiger partial charge in [-0.15, -0.1) is 34.0 Å². The minimum Gasteiger partial charge on any atom is -0.258 e. The molecule has 51 heavy (non-hydrogen) atoms. The summed E-state index contributed by atoms with van der Waals surface area (Å²) >= 11 is 4.56. The number of nitro benzene ring substituents is 2. The van der Waals surface area contributed by atoms with Gasteiger partial charge in [0.15, 0.2) is 0 Å². The van der Waals surface area contributed by atoms with E-state index in [9.17, 15) is 41.3 Å². The molecule has 0 bridgehead atoms. The second-order valence-corrected chi connectivity index (χ2v) is 16.1. The van der Waals surface area contributed by atoms with Crippen LogP contribution in [0.2, 0.25) is 0 Å². The first-order valence-electron chi connectivity index (χ1n) is 15.3. The Hall–Kier alpha value is -6.22. The van der Waals surface area contributed by atoms with E-state index in [4.69, 9.17) is 0 Å². The molecule has 0 spiro atoms. The zero-order chi connectivity index (χ0) is 36.6. The van der Waals surface area contributed by atoms with E-state index in [0.29, 0.717) is 20.9 Å². The first-order valence-corrected chi connectivity index (χ1v) is 17.8. The standard InChI is InChI=1S/C38H22N6O4S3/c1-37(2)27-13-29(25(17-41)23(15-39)19-5-9-21(10-6-19)43(45)46)49-33(27)35-31(37)32-36(51-35)34-28(38(32,3)4)14-30(50-34)26(18-42)24(16-40)20-7-11-22(12-8-20)44(47)48/h5-14H,1-4H3/b25-23+,26-24+. The van der Waals surface area contributed by atoms with Crippen molar-refractivity contribution in [3.8, 4) is 43.8 Å². The lowest BCUT2D eigenvalue weighted by Crippen LogP contribution is -2.23. The Morgan fingerprint density at radius 3 is 1.18 bits per heavy atom. The minimum absolute atomic E-state index is 0.108. The molecule has 3 aromatic heterocycles. The van der Waals surface area contributed by atoms with E-state index in [-0.39, 0.29) is 33.7 Å². The highest BCUT2D eigenvalue weighted by molar-refractivity contribution is 7.27. The smallest absolute Gasteiger partial charge is 0.258 e. The van der Waals surface area contributed by atoms with Crippen molar-refractivity contribution in [2.24, 2.45) is 0 Å². The van der Waals surface area contributed by atoms with Gasteiger partial charge in [0, 0.05) is 64.4 Å². The quantitative estimate of drug-likeness (QED) is 0.0942. The number of allylic oxidation sites excluding steroid dienone is 4. The molecule has 0 N–H and O–H groups in total. The maximum absolute atomic E-state index is 11.2. The van der Waals surface area contributed by atoms with Crippen LogP contribution in [0.25, 0.3) is 41.8 Å². The normalized spacial score (nSPS) is 15.1. The van der Waals surface area contributed by atoms with Gasteiger partial charge in [-0.05, 0) is 69.8 Å². The molecular formula is C38H22N6O4S3. The molecule has 7 rings (SSSR count). The predicted molar refractivity (Wildman–Crippen MR) is 197 cm³/mol. The SMILES string of the molecule is CC1(C)c2cc(/C(C#N)=C(\C#N)c3ccc([N+](=O)[O-])cc3)sc2-c2sc3c(c21)C(C)(C)c1cc(/C(C#N)=C(\C#N)c2ccc([N+](=O)[O-])cc2)sc1-3. The topological polar surface area (TPSA) is 181 Å². The molecule has 10 nitrogen and oxygen atoms in total. The Kier molecular flexibility index (Phi) is 7.63. The molecule has 0 atom stereocenters. The fraction of sp³-hybridized carbons (Fsp3) is 0.158. The summed E-state index contributed by atoms with van der Waals surface area (Å²) in [6, 6.07) is 23.9. The van der Waals surface area contributed by atoms with Crippen molar-refractivity contribution in [1.82, 2.24) is 0 Å². The van der Waals surface area contributed by atoms with E-state index < -0.39 is 20.7 Å². The molecule has 2 aromatic carbocycles. The number of hydrogen-bond donors (Lipinski definition) is 0. The molecule has 0 aliphatic heterocycles. The summed E-state index contributed by atoms with van der Waals surface area (Å²) in [6.45, 7) is 8.64. The first kappa shape index (κ1) is 33.3. The van der Waals surface area contributed by atoms with E-state index in [2.05, 4.69) is 52.0 Å². The van der Waals surface area contributed by atoms with Gasteiger partial charge in [-0.2, -0.15) is 21.0 Å². The van der Waals surface area contributed by atoms with Crippen LogP contribution in [0.1, 0.15) is 70.8 Å². The molecule has 246 valence electrons. The van der Waals surface area contributed by atoms with Crippen molar-refractivity contribution in [3.05, 3.63) is 124 Å². The van der Waals surface area contributed by atoms with Crippen molar-refractivity contribution >= 4 is 67.7 Å². The average molecular weight is 723 g/mol. The van der Waals surface area contributed by atoms with E-state index in [0.717, 1.165) is 30.6 Å². The van der Waals surface area contributed by atoms with Crippen LogP contribution in [-0.2, 0) is 10.8 Å². The molecule has 2 aliphatic rings. The van der Waals surface area contributed by atoms with Crippen molar-refractivity contribution in [1.29, 1.82) is 21.0 Å². The number of benzene rings is 2. The zero-order valence-electron chi connectivity index (χ0n) is 27.3. The van der Waals surface area contributed by atoms with Gasteiger partial charge in [0.1, 0.15) is 24.3 Å². The number of non-ortho nitro benzene ring substituents is 2. The van der Waals surface area contributed by atoms with Crippen molar-refractivity contribution in [2.75, 3.05) is 0 Å². The molecule has 0 fully saturated rings. The van der Waals surface area contributed by atoms with Crippen molar-refractivity contribution < 1.29 is 9.85 Å². The number of nitrogens with zero attached hydrogens (tertiary/aromatic N) is 6. The highest BCUT2D eigenvalue weighted by Crippen LogP contribution is 2.66. The number of hydrogen-bond acceptors (Lipinski definition) is 11. The predicted octanol–water partition coefficient (Wildman–Crippen LogP) is 10.2. The number of thiophene rings is 3. The third kappa shape index (κ3) is 4.83. The third-order valence-electron chi connectivity index (χ3n) is 9.56. The summed E-state index contributed by atoms with van der Waals surface area (Å²) in [5, 5.41) is 63.1. The van der Waals surface area contributed by atoms with Gasteiger partial charge in [-0.1, -0.05) is 27.7 Å². The highest BCUT2D eigenvalue weighted by atomic mass is 32.1. The maximum Gasteiger partial charge on any atom is 0.269 e. The summed E-state index contributed by atoms with van der Waals surface area (Å²) in [5.41, 5.74) is 5.00. The van der Waals surface area contributed by atoms with Gasteiger partial charge < -0.3 is 0 Å². The lowest BCUT2D eigenvalue weighted by atomic mass is 9.74. The molecule has 2 aliphatic carbocycles. The molecule has 0 saturated carbocycles. The Morgan fingerprint density at radius 2 is 0.882 bits per heavy atom. The summed E-state index contributed by atoms with van der Waals surface area (Å²) in [6.07, 6.45) is 0. The molecule has 13 heteroatoms. The Morgan fingerprint density at radius 1 is 0.549 bits per heavy atom. The summed E-state index contributed by atoms with van der Waals surface area (Å²) < 4.78 is 0. The summed E-state index contributed by atoms with van der Waals surface area (Å²) in [5.74, 6) is 0. The lowest BCUT2D eigenvalue weighted by molar-refractivity contribution is -0.385. The van der Waals surface area contributed by atoms with Crippen LogP contribution in [0.4, 0.5) is 11.4 Å². The molecule has 0 unspecified atom stereocenters. The molecule has 3 heterocycles. The van der Waals surface area contributed by atoms with Crippen LogP contribution in [0.5, 0.6) is 0 Å². The Bertz CT molecular complexity index is 2440. The molecule has 0 radical (unpaired) electrons. The second kappa shape index (κ2) is 11.7. The lowest BCUT2D eigenvalue weighted by Gasteiger charge is -2.28. The summed E-state index contributed by atoms with van der Waals surface area (Å²) in [7, 11) is 0. The average Bonchev–Trinajstić information content (AvgIpc) is 3.90. The molecule has 0 amide bonds.